The Kier molecular flexibility index (Phi) is 4.30. The van der Waals surface area contributed by atoms with Gasteiger partial charge < -0.3 is 15.0 Å². The van der Waals surface area contributed by atoms with Crippen molar-refractivity contribution in [1.29, 1.82) is 0 Å². The van der Waals surface area contributed by atoms with Gasteiger partial charge in [-0.25, -0.2) is 0 Å². The van der Waals surface area contributed by atoms with Crippen molar-refractivity contribution in [3.8, 4) is 0 Å². The second-order valence-corrected chi connectivity index (χ2v) is 6.94. The Bertz CT molecular complexity index is 371. The summed E-state index contributed by atoms with van der Waals surface area (Å²) in [5, 5.41) is 2.83. The van der Waals surface area contributed by atoms with Crippen LogP contribution in [0.25, 0.3) is 0 Å². The van der Waals surface area contributed by atoms with Gasteiger partial charge in [-0.2, -0.15) is 0 Å². The second kappa shape index (κ2) is 5.12. The highest BCUT2D eigenvalue weighted by Crippen LogP contribution is 2.29. The molecule has 110 valence electrons. The van der Waals surface area contributed by atoms with Gasteiger partial charge in [0.25, 0.3) is 0 Å². The van der Waals surface area contributed by atoms with Crippen LogP contribution in [0.5, 0.6) is 0 Å². The first-order chi connectivity index (χ1) is 8.52. The molecule has 0 saturated carbocycles. The number of rotatable bonds is 3. The molecule has 0 spiro atoms. The predicted octanol–water partition coefficient (Wildman–Crippen LogP) is 1.17. The maximum absolute atomic E-state index is 12.7. The zero-order valence-corrected chi connectivity index (χ0v) is 13.0. The number of nitrogens with one attached hydrogen (secondary N) is 1. The molecule has 2 unspecified atom stereocenters. The molecule has 19 heavy (non-hydrogen) atoms. The Labute approximate surface area is 115 Å². The fraction of sp³-hybridized carbons (Fsp3) is 0.857. The zero-order chi connectivity index (χ0) is 15.0. The molecule has 1 N–H and O–H groups in total. The molecule has 0 bridgehead atoms. The van der Waals surface area contributed by atoms with E-state index in [0.29, 0.717) is 6.61 Å². The third-order valence-electron chi connectivity index (χ3n) is 3.55. The highest BCUT2D eigenvalue weighted by atomic mass is 16.5. The average molecular weight is 270 g/mol. The zero-order valence-electron chi connectivity index (χ0n) is 13.0. The molecule has 2 atom stereocenters. The van der Waals surface area contributed by atoms with Crippen LogP contribution in [0.15, 0.2) is 0 Å². The van der Waals surface area contributed by atoms with E-state index in [1.165, 1.54) is 0 Å². The van der Waals surface area contributed by atoms with E-state index in [1.54, 1.807) is 18.9 Å². The molecule has 0 aromatic rings. The summed E-state index contributed by atoms with van der Waals surface area (Å²) < 4.78 is 5.19. The Balaban J connectivity index is 3.13. The van der Waals surface area contributed by atoms with Gasteiger partial charge in [-0.3, -0.25) is 9.59 Å². The van der Waals surface area contributed by atoms with Crippen LogP contribution in [-0.4, -0.2) is 48.1 Å². The summed E-state index contributed by atoms with van der Waals surface area (Å²) in [6.45, 7) is 11.8. The minimum atomic E-state index is -0.507. The fourth-order valence-electron chi connectivity index (χ4n) is 2.60. The van der Waals surface area contributed by atoms with Crippen molar-refractivity contribution in [1.82, 2.24) is 10.2 Å². The molecule has 1 heterocycles. The molecule has 5 heteroatoms. The molecule has 1 aliphatic rings. The largest absolute Gasteiger partial charge is 0.382 e. The first kappa shape index (κ1) is 16.0. The van der Waals surface area contributed by atoms with Crippen molar-refractivity contribution in [2.75, 3.05) is 13.7 Å². The van der Waals surface area contributed by atoms with Gasteiger partial charge in [0.1, 0.15) is 12.1 Å². The fourth-order valence-corrected chi connectivity index (χ4v) is 2.60. The van der Waals surface area contributed by atoms with E-state index < -0.39 is 17.6 Å². The van der Waals surface area contributed by atoms with E-state index in [9.17, 15) is 9.59 Å². The Hall–Kier alpha value is -1.10. The number of piperazine rings is 1. The lowest BCUT2D eigenvalue weighted by atomic mass is 9.82. The van der Waals surface area contributed by atoms with Gasteiger partial charge in [-0.05, 0) is 26.2 Å². The smallest absolute Gasteiger partial charge is 0.246 e. The number of hydrogen-bond acceptors (Lipinski definition) is 3. The minimum Gasteiger partial charge on any atom is -0.382 e. The molecule has 0 aromatic heterocycles. The van der Waals surface area contributed by atoms with E-state index in [1.807, 2.05) is 34.6 Å². The molecule has 5 nitrogen and oxygen atoms in total. The van der Waals surface area contributed by atoms with E-state index in [4.69, 9.17) is 4.74 Å². The van der Waals surface area contributed by atoms with Crippen LogP contribution < -0.4 is 5.32 Å². The van der Waals surface area contributed by atoms with Crippen molar-refractivity contribution < 1.29 is 14.3 Å². The topological polar surface area (TPSA) is 58.6 Å². The molecular weight excluding hydrogens is 244 g/mol. The molecule has 0 aromatic carbocycles. The van der Waals surface area contributed by atoms with Gasteiger partial charge in [0.05, 0.1) is 12.1 Å². The van der Waals surface area contributed by atoms with Crippen molar-refractivity contribution in [3.63, 3.8) is 0 Å². The lowest BCUT2D eigenvalue weighted by molar-refractivity contribution is -0.160. The number of methoxy groups -OCH3 is 1. The van der Waals surface area contributed by atoms with Crippen LogP contribution in [-0.2, 0) is 14.3 Å². The quantitative estimate of drug-likeness (QED) is 0.837. The summed E-state index contributed by atoms with van der Waals surface area (Å²) in [7, 11) is 1.60. The second-order valence-electron chi connectivity index (χ2n) is 6.94. The number of carbonyl (C=O) groups is 2. The third-order valence-corrected chi connectivity index (χ3v) is 3.55. The van der Waals surface area contributed by atoms with Crippen molar-refractivity contribution in [2.45, 2.75) is 59.2 Å². The Morgan fingerprint density at radius 3 is 2.16 bits per heavy atom. The normalized spacial score (nSPS) is 25.5. The van der Waals surface area contributed by atoms with Crippen molar-refractivity contribution >= 4 is 11.8 Å². The number of nitrogens with zero attached hydrogens (tertiary/aromatic N) is 1. The summed E-state index contributed by atoms with van der Waals surface area (Å²) in [4.78, 5) is 26.5. The average Bonchev–Trinajstić information content (AvgIpc) is 2.21. The van der Waals surface area contributed by atoms with Crippen LogP contribution in [0.4, 0.5) is 0 Å². The standard InChI is InChI=1S/C14H26N2O3/c1-9-11(17)15-10(13(2,3)4)12(18)16(9)14(5,6)8-19-7/h9-10H,8H2,1-7H3,(H,15,17). The van der Waals surface area contributed by atoms with Gasteiger partial charge in [-0.15, -0.1) is 0 Å². The maximum Gasteiger partial charge on any atom is 0.246 e. The molecule has 1 fully saturated rings. The van der Waals surface area contributed by atoms with Gasteiger partial charge in [0.15, 0.2) is 0 Å². The van der Waals surface area contributed by atoms with Crippen LogP contribution in [0.2, 0.25) is 0 Å². The molecule has 1 aliphatic heterocycles. The summed E-state index contributed by atoms with van der Waals surface area (Å²) in [5.74, 6) is -0.148. The van der Waals surface area contributed by atoms with Crippen LogP contribution in [0.3, 0.4) is 0 Å². The van der Waals surface area contributed by atoms with Crippen LogP contribution in [0, 0.1) is 5.41 Å². The molecule has 1 saturated heterocycles. The van der Waals surface area contributed by atoms with Gasteiger partial charge in [0, 0.05) is 7.11 Å². The Morgan fingerprint density at radius 1 is 1.21 bits per heavy atom. The number of carbonyl (C=O) groups excluding carboxylic acids is 2. The van der Waals surface area contributed by atoms with E-state index in [-0.39, 0.29) is 17.2 Å². The monoisotopic (exact) mass is 270 g/mol. The SMILES string of the molecule is COCC(C)(C)N1C(=O)C(C(C)(C)C)NC(=O)C1C. The number of ether oxygens (including phenoxy) is 1. The molecule has 0 aliphatic carbocycles. The first-order valence-corrected chi connectivity index (χ1v) is 6.65. The summed E-state index contributed by atoms with van der Waals surface area (Å²) >= 11 is 0. The Morgan fingerprint density at radius 2 is 1.74 bits per heavy atom. The van der Waals surface area contributed by atoms with Crippen LogP contribution in [0.1, 0.15) is 41.5 Å². The lowest BCUT2D eigenvalue weighted by Crippen LogP contribution is -2.70. The molecular formula is C14H26N2O3. The maximum atomic E-state index is 12.7. The molecule has 2 amide bonds. The molecule has 0 radical (unpaired) electrons. The number of amides is 2. The lowest BCUT2D eigenvalue weighted by Gasteiger charge is -2.49. The van der Waals surface area contributed by atoms with E-state index >= 15 is 0 Å². The van der Waals surface area contributed by atoms with E-state index in [0.717, 1.165) is 0 Å². The third kappa shape index (κ3) is 3.08. The minimum absolute atomic E-state index is 0.0401. The molecule has 1 rings (SSSR count). The first-order valence-electron chi connectivity index (χ1n) is 6.65. The predicted molar refractivity (Wildman–Crippen MR) is 73.6 cm³/mol. The van der Waals surface area contributed by atoms with E-state index in [2.05, 4.69) is 5.32 Å². The summed E-state index contributed by atoms with van der Waals surface area (Å²) in [6.07, 6.45) is 0. The number of hydrogen-bond donors (Lipinski definition) is 1. The van der Waals surface area contributed by atoms with Crippen molar-refractivity contribution in [3.05, 3.63) is 0 Å². The summed E-state index contributed by atoms with van der Waals surface area (Å²) in [6, 6.07) is -0.969. The van der Waals surface area contributed by atoms with Crippen LogP contribution >= 0.6 is 0 Å². The highest BCUT2D eigenvalue weighted by molar-refractivity contribution is 5.97. The van der Waals surface area contributed by atoms with Gasteiger partial charge >= 0.3 is 0 Å². The summed E-state index contributed by atoms with van der Waals surface area (Å²) in [5.41, 5.74) is -0.819. The van der Waals surface area contributed by atoms with Gasteiger partial charge in [0.2, 0.25) is 11.8 Å². The highest BCUT2D eigenvalue weighted by Gasteiger charge is 2.48. The van der Waals surface area contributed by atoms with Gasteiger partial charge in [-0.1, -0.05) is 20.8 Å². The van der Waals surface area contributed by atoms with Crippen molar-refractivity contribution in [2.24, 2.45) is 5.41 Å².